The minimum absolute atomic E-state index is 0.0847. The Morgan fingerprint density at radius 1 is 1.07 bits per heavy atom. The highest BCUT2D eigenvalue weighted by Crippen LogP contribution is 2.37. The number of benzene rings is 1. The second kappa shape index (κ2) is 8.65. The van der Waals surface area contributed by atoms with Crippen LogP contribution in [0.25, 0.3) is 10.8 Å². The molecule has 0 saturated heterocycles. The Morgan fingerprint density at radius 2 is 1.67 bits per heavy atom. The minimum atomic E-state index is -0.0934. The van der Waals surface area contributed by atoms with Crippen LogP contribution in [0, 0.1) is 5.41 Å². The van der Waals surface area contributed by atoms with Gasteiger partial charge in [0.2, 0.25) is 0 Å². The van der Waals surface area contributed by atoms with Crippen molar-refractivity contribution in [3.05, 3.63) is 28.2 Å². The third-order valence-electron chi connectivity index (χ3n) is 4.40. The van der Waals surface area contributed by atoms with Gasteiger partial charge in [-0.05, 0) is 24.0 Å². The third kappa shape index (κ3) is 4.56. The molecule has 6 nitrogen and oxygen atoms in total. The molecule has 1 heterocycles. The summed E-state index contributed by atoms with van der Waals surface area (Å²) in [4.78, 5) is 13.3. The molecule has 2 N–H and O–H groups in total. The summed E-state index contributed by atoms with van der Waals surface area (Å²) in [5, 5.41) is 1.25. The van der Waals surface area contributed by atoms with Gasteiger partial charge in [-0.15, -0.1) is 0 Å². The van der Waals surface area contributed by atoms with Gasteiger partial charge >= 0.3 is 0 Å². The Balaban J connectivity index is 2.85. The molecule has 0 saturated carbocycles. The fraction of sp³-hybridized carbons (Fsp3) is 0.571. The molecule has 0 radical (unpaired) electrons. The van der Waals surface area contributed by atoms with Crippen LogP contribution in [0.15, 0.2) is 16.9 Å². The summed E-state index contributed by atoms with van der Waals surface area (Å²) in [5.41, 5.74) is 6.60. The number of aromatic nitrogens is 1. The number of ether oxygens (including phenoxy) is 3. The summed E-state index contributed by atoms with van der Waals surface area (Å²) in [5.74, 6) is 1.73. The van der Waals surface area contributed by atoms with Gasteiger partial charge < -0.3 is 24.5 Å². The Morgan fingerprint density at radius 3 is 2.15 bits per heavy atom. The average Bonchev–Trinajstić information content (AvgIpc) is 2.63. The fourth-order valence-electron chi connectivity index (χ4n) is 3.11. The van der Waals surface area contributed by atoms with Gasteiger partial charge in [0.25, 0.3) is 5.56 Å². The van der Waals surface area contributed by atoms with Crippen molar-refractivity contribution >= 4 is 10.8 Å². The average molecular weight is 376 g/mol. The summed E-state index contributed by atoms with van der Waals surface area (Å²) in [6.07, 6.45) is 1.95. The summed E-state index contributed by atoms with van der Waals surface area (Å²) in [6.45, 7) is 9.73. The molecule has 0 aliphatic heterocycles. The number of hydrogen-bond acceptors (Lipinski definition) is 5. The first-order valence-electron chi connectivity index (χ1n) is 9.41. The lowest BCUT2D eigenvalue weighted by Gasteiger charge is -2.25. The van der Waals surface area contributed by atoms with Gasteiger partial charge in [-0.25, -0.2) is 0 Å². The van der Waals surface area contributed by atoms with Crippen molar-refractivity contribution in [2.24, 2.45) is 11.1 Å². The number of nitrogens with zero attached hydrogens (tertiary/aromatic N) is 1. The minimum Gasteiger partial charge on any atom is -0.493 e. The smallest absolute Gasteiger partial charge is 0.259 e. The topological polar surface area (TPSA) is 75.7 Å². The number of nitrogens with two attached hydrogens (primary N) is 1. The third-order valence-corrected chi connectivity index (χ3v) is 4.40. The predicted octanol–water partition coefficient (Wildman–Crippen LogP) is 3.70. The highest BCUT2D eigenvalue weighted by atomic mass is 16.5. The second-order valence-corrected chi connectivity index (χ2v) is 7.89. The fourth-order valence-corrected chi connectivity index (χ4v) is 3.11. The van der Waals surface area contributed by atoms with Gasteiger partial charge in [0, 0.05) is 18.5 Å². The zero-order valence-electron chi connectivity index (χ0n) is 17.3. The number of hydrogen-bond donors (Lipinski definition) is 1. The molecule has 0 aliphatic carbocycles. The Kier molecular flexibility index (Phi) is 6.76. The van der Waals surface area contributed by atoms with E-state index < -0.39 is 0 Å². The Labute approximate surface area is 161 Å². The van der Waals surface area contributed by atoms with Crippen LogP contribution in [0.3, 0.4) is 0 Å². The van der Waals surface area contributed by atoms with E-state index in [2.05, 4.69) is 27.7 Å². The second-order valence-electron chi connectivity index (χ2n) is 7.89. The molecule has 0 aliphatic rings. The van der Waals surface area contributed by atoms with Gasteiger partial charge in [-0.3, -0.25) is 4.79 Å². The molecule has 1 aromatic carbocycles. The highest BCUT2D eigenvalue weighted by Gasteiger charge is 2.23. The lowest BCUT2D eigenvalue weighted by Crippen LogP contribution is -2.31. The van der Waals surface area contributed by atoms with Gasteiger partial charge in [-0.2, -0.15) is 0 Å². The number of rotatable bonds is 8. The van der Waals surface area contributed by atoms with Crippen molar-refractivity contribution < 1.29 is 14.2 Å². The molecule has 0 bridgehead atoms. The summed E-state index contributed by atoms with van der Waals surface area (Å²) in [6, 6.07) is 3.53. The molecule has 0 spiro atoms. The maximum absolute atomic E-state index is 13.3. The molecule has 27 heavy (non-hydrogen) atoms. The van der Waals surface area contributed by atoms with Crippen molar-refractivity contribution in [1.82, 2.24) is 4.57 Å². The van der Waals surface area contributed by atoms with E-state index in [-0.39, 0.29) is 17.5 Å². The Bertz CT molecular complexity index is 850. The van der Waals surface area contributed by atoms with Gasteiger partial charge in [0.05, 0.1) is 31.9 Å². The largest absolute Gasteiger partial charge is 0.493 e. The van der Waals surface area contributed by atoms with Crippen LogP contribution < -0.4 is 25.5 Å². The van der Waals surface area contributed by atoms with E-state index in [1.807, 2.05) is 0 Å². The molecule has 150 valence electrons. The Hall–Kier alpha value is -2.21. The van der Waals surface area contributed by atoms with Crippen LogP contribution in [-0.4, -0.2) is 25.4 Å². The highest BCUT2D eigenvalue weighted by molar-refractivity contribution is 5.91. The van der Waals surface area contributed by atoms with Crippen molar-refractivity contribution in [2.75, 3.05) is 20.8 Å². The molecule has 0 amide bonds. The van der Waals surface area contributed by atoms with Crippen LogP contribution in [0.1, 0.15) is 46.2 Å². The standard InChI is InChI=1S/C21H32N2O4/c1-7-8-9-27-19-14-10-17(25-5)18(26-6)11-15(14)20(24)23(16(19)12-22)13-21(2,3)4/h10-11H,7-9,12-13,22H2,1-6H3. The van der Waals surface area contributed by atoms with Gasteiger partial charge in [-0.1, -0.05) is 34.1 Å². The van der Waals surface area contributed by atoms with E-state index in [0.29, 0.717) is 46.9 Å². The molecule has 0 fully saturated rings. The molecule has 6 heteroatoms. The van der Waals surface area contributed by atoms with Crippen LogP contribution in [0.2, 0.25) is 0 Å². The van der Waals surface area contributed by atoms with E-state index in [9.17, 15) is 4.79 Å². The molecule has 0 unspecified atom stereocenters. The SMILES string of the molecule is CCCCOc1c(CN)n(CC(C)(C)C)c(=O)c2cc(OC)c(OC)cc12. The summed E-state index contributed by atoms with van der Waals surface area (Å²) >= 11 is 0. The van der Waals surface area contributed by atoms with Crippen molar-refractivity contribution in [3.8, 4) is 17.2 Å². The lowest BCUT2D eigenvalue weighted by molar-refractivity contribution is 0.294. The maximum atomic E-state index is 13.3. The molecule has 0 atom stereocenters. The normalized spacial score (nSPS) is 11.7. The van der Waals surface area contributed by atoms with Crippen LogP contribution in [0.5, 0.6) is 17.2 Å². The van der Waals surface area contributed by atoms with Crippen molar-refractivity contribution in [1.29, 1.82) is 0 Å². The van der Waals surface area contributed by atoms with Gasteiger partial charge in [0.1, 0.15) is 5.75 Å². The molecular weight excluding hydrogens is 344 g/mol. The van der Waals surface area contributed by atoms with E-state index in [4.69, 9.17) is 19.9 Å². The summed E-state index contributed by atoms with van der Waals surface area (Å²) in [7, 11) is 3.14. The first-order valence-corrected chi connectivity index (χ1v) is 9.41. The van der Waals surface area contributed by atoms with Crippen LogP contribution >= 0.6 is 0 Å². The summed E-state index contributed by atoms with van der Waals surface area (Å²) < 4.78 is 18.7. The number of pyridine rings is 1. The quantitative estimate of drug-likeness (QED) is 0.711. The number of fused-ring (bicyclic) bond motifs is 1. The van der Waals surface area contributed by atoms with E-state index in [1.165, 1.54) is 0 Å². The lowest BCUT2D eigenvalue weighted by atomic mass is 9.96. The molecule has 2 rings (SSSR count). The van der Waals surface area contributed by atoms with Gasteiger partial charge in [0.15, 0.2) is 11.5 Å². The van der Waals surface area contributed by atoms with Crippen molar-refractivity contribution in [3.63, 3.8) is 0 Å². The monoisotopic (exact) mass is 376 g/mol. The first-order chi connectivity index (χ1) is 12.8. The zero-order chi connectivity index (χ0) is 20.2. The van der Waals surface area contributed by atoms with Crippen LogP contribution in [0.4, 0.5) is 0 Å². The number of methoxy groups -OCH3 is 2. The van der Waals surface area contributed by atoms with E-state index in [1.54, 1.807) is 30.9 Å². The molecular formula is C21H32N2O4. The van der Waals surface area contributed by atoms with Crippen LogP contribution in [-0.2, 0) is 13.1 Å². The van der Waals surface area contributed by atoms with Crippen molar-refractivity contribution in [2.45, 2.75) is 53.6 Å². The predicted molar refractivity (Wildman–Crippen MR) is 109 cm³/mol. The maximum Gasteiger partial charge on any atom is 0.259 e. The van der Waals surface area contributed by atoms with E-state index in [0.717, 1.165) is 12.8 Å². The van der Waals surface area contributed by atoms with E-state index >= 15 is 0 Å². The molecule has 2 aromatic rings. The number of unbranched alkanes of at least 4 members (excludes halogenated alkanes) is 1. The first kappa shape index (κ1) is 21.1. The zero-order valence-corrected chi connectivity index (χ0v) is 17.3. The molecule has 1 aromatic heterocycles.